The summed E-state index contributed by atoms with van der Waals surface area (Å²) >= 11 is 6.03. The molecule has 0 saturated carbocycles. The first kappa shape index (κ1) is 12.0. The Morgan fingerprint density at radius 2 is 2.27 bits per heavy atom. The van der Waals surface area contributed by atoms with Gasteiger partial charge in [-0.25, -0.2) is 4.98 Å². The molecule has 1 rings (SSSR count). The fourth-order valence-electron chi connectivity index (χ4n) is 1.25. The van der Waals surface area contributed by atoms with Gasteiger partial charge in [0, 0.05) is 20.6 Å². The lowest BCUT2D eigenvalue weighted by molar-refractivity contribution is 0.759. The van der Waals surface area contributed by atoms with Crippen LogP contribution in [-0.2, 0) is 0 Å². The quantitative estimate of drug-likeness (QED) is 0.841. The Labute approximate surface area is 95.7 Å². The molecule has 5 heteroatoms. The Morgan fingerprint density at radius 3 is 2.87 bits per heavy atom. The molecule has 0 atom stereocenters. The predicted octanol–water partition coefficient (Wildman–Crippen LogP) is 2.41. The second-order valence-electron chi connectivity index (χ2n) is 3.39. The maximum absolute atomic E-state index is 6.03. The first-order chi connectivity index (χ1) is 7.19. The van der Waals surface area contributed by atoms with Crippen molar-refractivity contribution in [3.05, 3.63) is 11.2 Å². The average molecular weight is 229 g/mol. The molecule has 1 N–H and O–H groups in total. The van der Waals surface area contributed by atoms with Crippen LogP contribution in [-0.4, -0.2) is 30.6 Å². The lowest BCUT2D eigenvalue weighted by Crippen LogP contribution is -2.20. The molecule has 1 aromatic heterocycles. The van der Waals surface area contributed by atoms with Crippen LogP contribution in [0.3, 0.4) is 0 Å². The molecular formula is C10H17ClN4. The Bertz CT molecular complexity index is 316. The first-order valence-electron chi connectivity index (χ1n) is 5.10. The molecule has 0 unspecified atom stereocenters. The maximum atomic E-state index is 6.03. The van der Waals surface area contributed by atoms with Gasteiger partial charge < -0.3 is 10.2 Å². The lowest BCUT2D eigenvalue weighted by atomic mass is 10.3. The van der Waals surface area contributed by atoms with Crippen LogP contribution in [0.5, 0.6) is 0 Å². The van der Waals surface area contributed by atoms with Crippen LogP contribution in [0.25, 0.3) is 0 Å². The molecule has 0 spiro atoms. The fourth-order valence-corrected chi connectivity index (χ4v) is 1.48. The molecule has 0 radical (unpaired) electrons. The minimum atomic E-state index is 0.590. The second-order valence-corrected chi connectivity index (χ2v) is 3.80. The largest absolute Gasteiger partial charge is 0.358 e. The molecule has 0 aliphatic carbocycles. The van der Waals surface area contributed by atoms with Gasteiger partial charge >= 0.3 is 0 Å². The number of unbranched alkanes of at least 4 members (excludes halogenated alkanes) is 1. The van der Waals surface area contributed by atoms with Gasteiger partial charge in [-0.15, -0.1) is 0 Å². The number of halogens is 1. The van der Waals surface area contributed by atoms with E-state index in [4.69, 9.17) is 11.6 Å². The van der Waals surface area contributed by atoms with Crippen molar-refractivity contribution < 1.29 is 0 Å². The normalized spacial score (nSPS) is 10.1. The van der Waals surface area contributed by atoms with E-state index in [-0.39, 0.29) is 0 Å². The van der Waals surface area contributed by atoms with E-state index in [1.54, 1.807) is 13.2 Å². The molecule has 0 saturated heterocycles. The molecule has 0 aromatic carbocycles. The van der Waals surface area contributed by atoms with E-state index in [1.165, 1.54) is 0 Å². The Hall–Kier alpha value is -1.03. The van der Waals surface area contributed by atoms with Gasteiger partial charge in [-0.05, 0) is 6.42 Å². The summed E-state index contributed by atoms with van der Waals surface area (Å²) in [4.78, 5) is 10.4. The summed E-state index contributed by atoms with van der Waals surface area (Å²) in [5, 5.41) is 3.49. The number of aromatic nitrogens is 2. The third kappa shape index (κ3) is 3.23. The van der Waals surface area contributed by atoms with Crippen LogP contribution in [0, 0.1) is 0 Å². The monoisotopic (exact) mass is 228 g/mol. The van der Waals surface area contributed by atoms with E-state index in [0.717, 1.165) is 25.2 Å². The maximum Gasteiger partial charge on any atom is 0.224 e. The third-order valence-corrected chi connectivity index (χ3v) is 2.42. The highest BCUT2D eigenvalue weighted by Crippen LogP contribution is 2.22. The van der Waals surface area contributed by atoms with E-state index in [0.29, 0.717) is 11.0 Å². The van der Waals surface area contributed by atoms with Crippen molar-refractivity contribution in [2.24, 2.45) is 0 Å². The second kappa shape index (κ2) is 5.75. The first-order valence-corrected chi connectivity index (χ1v) is 5.48. The van der Waals surface area contributed by atoms with Crippen molar-refractivity contribution in [3.8, 4) is 0 Å². The summed E-state index contributed by atoms with van der Waals surface area (Å²) in [6, 6.07) is 0. The molecule has 0 aliphatic rings. The SMILES string of the molecule is CCCCN(C)c1nc(NC)ncc1Cl. The highest BCUT2D eigenvalue weighted by atomic mass is 35.5. The smallest absolute Gasteiger partial charge is 0.224 e. The number of hydrogen-bond acceptors (Lipinski definition) is 4. The van der Waals surface area contributed by atoms with Gasteiger partial charge in [-0.1, -0.05) is 24.9 Å². The van der Waals surface area contributed by atoms with Crippen molar-refractivity contribution >= 4 is 23.4 Å². The number of rotatable bonds is 5. The van der Waals surface area contributed by atoms with Crippen LogP contribution in [0.1, 0.15) is 19.8 Å². The van der Waals surface area contributed by atoms with Gasteiger partial charge in [0.2, 0.25) is 5.95 Å². The average Bonchev–Trinajstić information content (AvgIpc) is 2.26. The van der Waals surface area contributed by atoms with Crippen molar-refractivity contribution in [2.45, 2.75) is 19.8 Å². The molecule has 0 aliphatic heterocycles. The molecule has 15 heavy (non-hydrogen) atoms. The molecule has 0 amide bonds. The van der Waals surface area contributed by atoms with E-state index < -0.39 is 0 Å². The molecule has 1 aromatic rings. The van der Waals surface area contributed by atoms with E-state index in [9.17, 15) is 0 Å². The van der Waals surface area contributed by atoms with Gasteiger partial charge in [-0.3, -0.25) is 0 Å². The standard InChI is InChI=1S/C10H17ClN4/c1-4-5-6-15(3)9-8(11)7-13-10(12-2)14-9/h7H,4-6H2,1-3H3,(H,12,13,14). The third-order valence-electron chi connectivity index (χ3n) is 2.16. The van der Waals surface area contributed by atoms with Gasteiger partial charge in [-0.2, -0.15) is 4.98 Å². The topological polar surface area (TPSA) is 41.1 Å². The lowest BCUT2D eigenvalue weighted by Gasteiger charge is -2.19. The molecule has 0 fully saturated rings. The van der Waals surface area contributed by atoms with Gasteiger partial charge in [0.15, 0.2) is 5.82 Å². The molecule has 4 nitrogen and oxygen atoms in total. The summed E-state index contributed by atoms with van der Waals surface area (Å²) in [5.74, 6) is 1.38. The van der Waals surface area contributed by atoms with Crippen molar-refractivity contribution in [3.63, 3.8) is 0 Å². The summed E-state index contributed by atoms with van der Waals surface area (Å²) < 4.78 is 0. The predicted molar refractivity (Wildman–Crippen MR) is 64.8 cm³/mol. The summed E-state index contributed by atoms with van der Waals surface area (Å²) in [6.45, 7) is 3.12. The molecule has 0 bridgehead atoms. The van der Waals surface area contributed by atoms with Crippen molar-refractivity contribution in [1.82, 2.24) is 9.97 Å². The van der Waals surface area contributed by atoms with E-state index in [1.807, 2.05) is 11.9 Å². The summed E-state index contributed by atoms with van der Waals surface area (Å²) in [5.41, 5.74) is 0. The highest BCUT2D eigenvalue weighted by molar-refractivity contribution is 6.32. The van der Waals surface area contributed by atoms with E-state index in [2.05, 4.69) is 22.2 Å². The zero-order valence-corrected chi connectivity index (χ0v) is 10.2. The van der Waals surface area contributed by atoms with Crippen LogP contribution < -0.4 is 10.2 Å². The Kier molecular flexibility index (Phi) is 4.62. The minimum Gasteiger partial charge on any atom is -0.358 e. The zero-order valence-electron chi connectivity index (χ0n) is 9.42. The highest BCUT2D eigenvalue weighted by Gasteiger charge is 2.08. The Balaban J connectivity index is 2.81. The number of anilines is 2. The number of nitrogens with zero attached hydrogens (tertiary/aromatic N) is 3. The summed E-state index contributed by atoms with van der Waals surface area (Å²) in [7, 11) is 3.78. The number of hydrogen-bond donors (Lipinski definition) is 1. The van der Waals surface area contributed by atoms with Gasteiger partial charge in [0.1, 0.15) is 5.02 Å². The van der Waals surface area contributed by atoms with E-state index >= 15 is 0 Å². The molecular weight excluding hydrogens is 212 g/mol. The van der Waals surface area contributed by atoms with Crippen LogP contribution >= 0.6 is 11.6 Å². The molecule has 1 heterocycles. The van der Waals surface area contributed by atoms with Crippen LogP contribution in [0.4, 0.5) is 11.8 Å². The van der Waals surface area contributed by atoms with Crippen molar-refractivity contribution in [1.29, 1.82) is 0 Å². The van der Waals surface area contributed by atoms with Gasteiger partial charge in [0.25, 0.3) is 0 Å². The summed E-state index contributed by atoms with van der Waals surface area (Å²) in [6.07, 6.45) is 3.91. The fraction of sp³-hybridized carbons (Fsp3) is 0.600. The van der Waals surface area contributed by atoms with Gasteiger partial charge in [0.05, 0.1) is 6.20 Å². The zero-order chi connectivity index (χ0) is 11.3. The minimum absolute atomic E-state index is 0.590. The van der Waals surface area contributed by atoms with Crippen LogP contribution in [0.2, 0.25) is 5.02 Å². The molecule has 84 valence electrons. The Morgan fingerprint density at radius 1 is 1.53 bits per heavy atom. The van der Waals surface area contributed by atoms with Crippen molar-refractivity contribution in [2.75, 3.05) is 30.9 Å². The number of nitrogens with one attached hydrogen (secondary N) is 1. The van der Waals surface area contributed by atoms with Crippen LogP contribution in [0.15, 0.2) is 6.20 Å².